The molecule has 0 saturated carbocycles. The molecule has 0 rings (SSSR count). The number of hydrogen-bond acceptors (Lipinski definition) is 3. The van der Waals surface area contributed by atoms with Crippen LogP contribution in [-0.4, -0.2) is 24.7 Å². The van der Waals surface area contributed by atoms with E-state index in [9.17, 15) is 4.79 Å². The van der Waals surface area contributed by atoms with Crippen LogP contribution in [0.4, 0.5) is 0 Å². The summed E-state index contributed by atoms with van der Waals surface area (Å²) in [7, 11) is 0. The summed E-state index contributed by atoms with van der Waals surface area (Å²) in [4.78, 5) is 11.0. The molecule has 0 unspecified atom stereocenters. The number of thiol groups is 1. The number of unbranched alkanes of at least 4 members (excludes halogenated alkanes) is 2. The lowest BCUT2D eigenvalue weighted by Gasteiger charge is -2.01. The molecule has 0 aliphatic rings. The summed E-state index contributed by atoms with van der Waals surface area (Å²) in [6, 6.07) is 0. The lowest BCUT2D eigenvalue weighted by atomic mass is 10.2. The number of amides is 1. The fraction of sp³-hybridized carbons (Fsp3) is 0.875. The summed E-state index contributed by atoms with van der Waals surface area (Å²) in [5.41, 5.74) is 5.31. The smallest absolute Gasteiger partial charge is 0.220 e. The second-order valence-corrected chi connectivity index (χ2v) is 3.12. The molecule has 1 amide bonds. The highest BCUT2D eigenvalue weighted by Gasteiger charge is 1.98. The quantitative estimate of drug-likeness (QED) is 0.406. The van der Waals surface area contributed by atoms with Gasteiger partial charge in [-0.15, -0.1) is 0 Å². The Balaban J connectivity index is 3.08. The molecule has 4 heteroatoms. The van der Waals surface area contributed by atoms with Crippen LogP contribution in [-0.2, 0) is 4.79 Å². The minimum absolute atomic E-state index is 0.126. The zero-order valence-corrected chi connectivity index (χ0v) is 8.28. The standard InChI is InChI=1S/C8H18N2OS/c9-5-3-1-2-4-8(11)10-6-7-12/h12H,1-7,9H2,(H,10,11). The first kappa shape index (κ1) is 11.8. The summed E-state index contributed by atoms with van der Waals surface area (Å²) in [5.74, 6) is 0.829. The molecule has 12 heavy (non-hydrogen) atoms. The van der Waals surface area contributed by atoms with Gasteiger partial charge in [0.25, 0.3) is 0 Å². The predicted molar refractivity (Wildman–Crippen MR) is 54.4 cm³/mol. The maximum Gasteiger partial charge on any atom is 0.220 e. The molecule has 0 fully saturated rings. The highest BCUT2D eigenvalue weighted by atomic mass is 32.1. The van der Waals surface area contributed by atoms with Gasteiger partial charge in [-0.3, -0.25) is 4.79 Å². The molecule has 3 nitrogen and oxygen atoms in total. The topological polar surface area (TPSA) is 55.1 Å². The van der Waals surface area contributed by atoms with E-state index in [-0.39, 0.29) is 5.91 Å². The Kier molecular flexibility index (Phi) is 8.71. The summed E-state index contributed by atoms with van der Waals surface area (Å²) in [6.45, 7) is 1.39. The third-order valence-electron chi connectivity index (χ3n) is 1.54. The molecule has 0 aromatic carbocycles. The Hall–Kier alpha value is -0.220. The van der Waals surface area contributed by atoms with Crippen LogP contribution in [0.25, 0.3) is 0 Å². The van der Waals surface area contributed by atoms with Gasteiger partial charge in [0.2, 0.25) is 5.91 Å². The van der Waals surface area contributed by atoms with Crippen molar-refractivity contribution < 1.29 is 4.79 Å². The van der Waals surface area contributed by atoms with Crippen LogP contribution < -0.4 is 11.1 Å². The average Bonchev–Trinajstić information content (AvgIpc) is 2.09. The third-order valence-corrected chi connectivity index (χ3v) is 1.77. The second-order valence-electron chi connectivity index (χ2n) is 2.67. The van der Waals surface area contributed by atoms with Gasteiger partial charge < -0.3 is 11.1 Å². The van der Waals surface area contributed by atoms with E-state index >= 15 is 0 Å². The Morgan fingerprint density at radius 3 is 2.67 bits per heavy atom. The monoisotopic (exact) mass is 190 g/mol. The molecule has 0 aromatic heterocycles. The van der Waals surface area contributed by atoms with Gasteiger partial charge in [0.15, 0.2) is 0 Å². The molecule has 0 aromatic rings. The van der Waals surface area contributed by atoms with Crippen LogP contribution in [0.1, 0.15) is 25.7 Å². The first-order chi connectivity index (χ1) is 5.81. The van der Waals surface area contributed by atoms with Crippen molar-refractivity contribution in [1.82, 2.24) is 5.32 Å². The first-order valence-electron chi connectivity index (χ1n) is 4.39. The maximum atomic E-state index is 11.0. The van der Waals surface area contributed by atoms with Gasteiger partial charge in [-0.1, -0.05) is 6.42 Å². The van der Waals surface area contributed by atoms with Gasteiger partial charge in [-0.05, 0) is 19.4 Å². The largest absolute Gasteiger partial charge is 0.355 e. The summed E-state index contributed by atoms with van der Waals surface area (Å²) < 4.78 is 0. The van der Waals surface area contributed by atoms with Crippen LogP contribution in [0.2, 0.25) is 0 Å². The molecule has 3 N–H and O–H groups in total. The van der Waals surface area contributed by atoms with Gasteiger partial charge in [-0.25, -0.2) is 0 Å². The van der Waals surface area contributed by atoms with Gasteiger partial charge in [0.1, 0.15) is 0 Å². The van der Waals surface area contributed by atoms with Crippen LogP contribution in [0.5, 0.6) is 0 Å². The number of rotatable bonds is 7. The minimum Gasteiger partial charge on any atom is -0.355 e. The Morgan fingerprint density at radius 2 is 2.08 bits per heavy atom. The molecule has 0 aliphatic heterocycles. The number of carbonyl (C=O) groups excluding carboxylic acids is 1. The van der Waals surface area contributed by atoms with Crippen molar-refractivity contribution in [3.05, 3.63) is 0 Å². The summed E-state index contributed by atoms with van der Waals surface area (Å²) in [5, 5.41) is 2.76. The van der Waals surface area contributed by atoms with Crippen LogP contribution in [0.3, 0.4) is 0 Å². The lowest BCUT2D eigenvalue weighted by Crippen LogP contribution is -2.24. The van der Waals surface area contributed by atoms with E-state index in [4.69, 9.17) is 5.73 Å². The number of carbonyl (C=O) groups is 1. The van der Waals surface area contributed by atoms with E-state index in [2.05, 4.69) is 17.9 Å². The molecule has 0 atom stereocenters. The molecule has 0 aliphatic carbocycles. The normalized spacial score (nSPS) is 9.83. The Morgan fingerprint density at radius 1 is 1.33 bits per heavy atom. The van der Waals surface area contributed by atoms with E-state index in [0.29, 0.717) is 18.7 Å². The molecule has 0 bridgehead atoms. The predicted octanol–water partition coefficient (Wildman–Crippen LogP) is 0.552. The van der Waals surface area contributed by atoms with Crippen molar-refractivity contribution in [2.75, 3.05) is 18.8 Å². The van der Waals surface area contributed by atoms with E-state index in [1.165, 1.54) is 0 Å². The molecule has 0 heterocycles. The summed E-state index contributed by atoms with van der Waals surface area (Å²) >= 11 is 3.99. The van der Waals surface area contributed by atoms with Crippen LogP contribution >= 0.6 is 12.6 Å². The molecule has 0 spiro atoms. The Labute approximate surface area is 79.5 Å². The van der Waals surface area contributed by atoms with Crippen molar-refractivity contribution in [2.24, 2.45) is 5.73 Å². The molecular formula is C8H18N2OS. The first-order valence-corrected chi connectivity index (χ1v) is 5.02. The molecular weight excluding hydrogens is 172 g/mol. The van der Waals surface area contributed by atoms with Crippen molar-refractivity contribution in [3.8, 4) is 0 Å². The van der Waals surface area contributed by atoms with Crippen molar-refractivity contribution in [1.29, 1.82) is 0 Å². The molecule has 0 saturated heterocycles. The number of hydrogen-bond donors (Lipinski definition) is 3. The average molecular weight is 190 g/mol. The van der Waals surface area contributed by atoms with Crippen LogP contribution in [0.15, 0.2) is 0 Å². The maximum absolute atomic E-state index is 11.0. The second kappa shape index (κ2) is 8.87. The van der Waals surface area contributed by atoms with Gasteiger partial charge in [0, 0.05) is 18.7 Å². The number of nitrogens with two attached hydrogens (primary N) is 1. The minimum atomic E-state index is 0.126. The zero-order valence-electron chi connectivity index (χ0n) is 7.38. The van der Waals surface area contributed by atoms with E-state index in [0.717, 1.165) is 25.8 Å². The van der Waals surface area contributed by atoms with Gasteiger partial charge in [0.05, 0.1) is 0 Å². The highest BCUT2D eigenvalue weighted by Crippen LogP contribution is 1.97. The number of nitrogens with one attached hydrogen (secondary N) is 1. The van der Waals surface area contributed by atoms with E-state index in [1.807, 2.05) is 0 Å². The zero-order chi connectivity index (χ0) is 9.23. The van der Waals surface area contributed by atoms with Crippen molar-refractivity contribution in [2.45, 2.75) is 25.7 Å². The van der Waals surface area contributed by atoms with Crippen molar-refractivity contribution in [3.63, 3.8) is 0 Å². The third kappa shape index (κ3) is 7.88. The highest BCUT2D eigenvalue weighted by molar-refractivity contribution is 7.80. The summed E-state index contributed by atoms with van der Waals surface area (Å²) in [6.07, 6.45) is 3.62. The van der Waals surface area contributed by atoms with Gasteiger partial charge in [-0.2, -0.15) is 12.6 Å². The van der Waals surface area contributed by atoms with E-state index < -0.39 is 0 Å². The molecule has 72 valence electrons. The lowest BCUT2D eigenvalue weighted by molar-refractivity contribution is -0.121. The SMILES string of the molecule is NCCCCCC(=O)NCCS. The van der Waals surface area contributed by atoms with E-state index in [1.54, 1.807) is 0 Å². The van der Waals surface area contributed by atoms with Crippen molar-refractivity contribution >= 4 is 18.5 Å². The fourth-order valence-corrected chi connectivity index (χ4v) is 1.00. The van der Waals surface area contributed by atoms with Gasteiger partial charge >= 0.3 is 0 Å². The Bertz CT molecular complexity index is 120. The fourth-order valence-electron chi connectivity index (χ4n) is 0.890. The molecule has 0 radical (unpaired) electrons. The van der Waals surface area contributed by atoms with Crippen LogP contribution in [0, 0.1) is 0 Å².